The van der Waals surface area contributed by atoms with Gasteiger partial charge >= 0.3 is 12.3 Å². The Bertz CT molecular complexity index is 901. The maximum atomic E-state index is 12.9. The lowest BCUT2D eigenvalue weighted by molar-refractivity contribution is -0.126. The molecule has 28 heavy (non-hydrogen) atoms. The van der Waals surface area contributed by atoms with Crippen LogP contribution in [0.25, 0.3) is 10.8 Å². The molecule has 0 aliphatic carbocycles. The molecule has 1 aliphatic rings. The normalized spacial score (nSPS) is 19.6. The molecule has 9 heteroatoms. The smallest absolute Gasteiger partial charge is 0.409 e. The van der Waals surface area contributed by atoms with E-state index in [1.54, 1.807) is 18.3 Å². The number of halogens is 3. The summed E-state index contributed by atoms with van der Waals surface area (Å²) in [6.07, 6.45) is -6.61. The molecule has 3 atom stereocenters. The SMILES string of the molecule is CC[C@H](N)C(=O)C1c2c(ccc3ccccc23)N[C@H]1OC(=O)NCC(F)(F)F. The van der Waals surface area contributed by atoms with E-state index in [1.165, 1.54) is 0 Å². The number of nitrogens with two attached hydrogens (primary N) is 1. The van der Waals surface area contributed by atoms with Crippen molar-refractivity contribution in [1.29, 1.82) is 0 Å². The maximum absolute atomic E-state index is 12.9. The van der Waals surface area contributed by atoms with Gasteiger partial charge in [0.25, 0.3) is 0 Å². The molecule has 0 bridgehead atoms. The molecule has 0 fully saturated rings. The van der Waals surface area contributed by atoms with Crippen LogP contribution in [0.4, 0.5) is 23.7 Å². The van der Waals surface area contributed by atoms with Gasteiger partial charge in [0.1, 0.15) is 12.5 Å². The van der Waals surface area contributed by atoms with E-state index in [2.05, 4.69) is 5.32 Å². The lowest BCUT2D eigenvalue weighted by atomic mass is 9.87. The van der Waals surface area contributed by atoms with Crippen LogP contribution in [0.15, 0.2) is 36.4 Å². The van der Waals surface area contributed by atoms with Crippen molar-refractivity contribution in [2.45, 2.75) is 37.7 Å². The molecule has 1 unspecified atom stereocenters. The lowest BCUT2D eigenvalue weighted by Gasteiger charge is -2.22. The minimum Gasteiger partial charge on any atom is -0.424 e. The Morgan fingerprint density at radius 2 is 1.96 bits per heavy atom. The number of rotatable bonds is 5. The number of alkyl halides is 3. The highest BCUT2D eigenvalue weighted by Gasteiger charge is 2.42. The minimum atomic E-state index is -4.57. The molecule has 6 nitrogen and oxygen atoms in total. The van der Waals surface area contributed by atoms with Crippen LogP contribution < -0.4 is 16.4 Å². The lowest BCUT2D eigenvalue weighted by Crippen LogP contribution is -2.43. The minimum absolute atomic E-state index is 0.348. The fourth-order valence-electron chi connectivity index (χ4n) is 3.29. The first-order valence-corrected chi connectivity index (χ1v) is 8.80. The van der Waals surface area contributed by atoms with Gasteiger partial charge in [-0.3, -0.25) is 4.79 Å². The summed E-state index contributed by atoms with van der Waals surface area (Å²) in [6, 6.07) is 10.2. The second kappa shape index (κ2) is 7.67. The van der Waals surface area contributed by atoms with E-state index in [9.17, 15) is 22.8 Å². The van der Waals surface area contributed by atoms with Crippen LogP contribution in [0.3, 0.4) is 0 Å². The summed E-state index contributed by atoms with van der Waals surface area (Å²) in [7, 11) is 0. The first-order valence-electron chi connectivity index (χ1n) is 8.80. The van der Waals surface area contributed by atoms with Crippen molar-refractivity contribution in [3.63, 3.8) is 0 Å². The molecule has 1 aliphatic heterocycles. The van der Waals surface area contributed by atoms with Gasteiger partial charge in [-0.05, 0) is 28.8 Å². The summed E-state index contributed by atoms with van der Waals surface area (Å²) in [5.74, 6) is -1.27. The average Bonchev–Trinajstić information content (AvgIpc) is 3.02. The van der Waals surface area contributed by atoms with Gasteiger partial charge in [0.15, 0.2) is 12.0 Å². The number of Topliss-reactive ketones (excluding diaryl/α,β-unsaturated/α-hetero) is 1. The Labute approximate surface area is 159 Å². The van der Waals surface area contributed by atoms with Crippen molar-refractivity contribution in [2.24, 2.45) is 5.73 Å². The first kappa shape index (κ1) is 19.9. The summed E-state index contributed by atoms with van der Waals surface area (Å²) >= 11 is 0. The van der Waals surface area contributed by atoms with Crippen LogP contribution in [0.2, 0.25) is 0 Å². The topological polar surface area (TPSA) is 93.5 Å². The van der Waals surface area contributed by atoms with Gasteiger partial charge in [0, 0.05) is 5.69 Å². The fraction of sp³-hybridized carbons (Fsp3) is 0.368. The second-order valence-electron chi connectivity index (χ2n) is 6.58. The number of ether oxygens (including phenoxy) is 1. The Morgan fingerprint density at radius 3 is 2.64 bits per heavy atom. The molecular formula is C19H20F3N3O3. The summed E-state index contributed by atoms with van der Waals surface area (Å²) in [5.41, 5.74) is 7.13. The molecule has 0 saturated heterocycles. The Morgan fingerprint density at radius 1 is 1.25 bits per heavy atom. The predicted molar refractivity (Wildman–Crippen MR) is 97.9 cm³/mol. The number of anilines is 1. The Hall–Kier alpha value is -2.81. The number of ketones is 1. The highest BCUT2D eigenvalue weighted by molar-refractivity contribution is 6.01. The molecule has 2 aromatic rings. The third-order valence-electron chi connectivity index (χ3n) is 4.66. The first-order chi connectivity index (χ1) is 13.2. The zero-order valence-electron chi connectivity index (χ0n) is 15.0. The van der Waals surface area contributed by atoms with Crippen molar-refractivity contribution in [1.82, 2.24) is 5.32 Å². The number of amides is 1. The van der Waals surface area contributed by atoms with Crippen LogP contribution in [-0.4, -0.2) is 36.9 Å². The number of fused-ring (bicyclic) bond motifs is 3. The van der Waals surface area contributed by atoms with Crippen molar-refractivity contribution in [3.05, 3.63) is 42.0 Å². The fourth-order valence-corrected chi connectivity index (χ4v) is 3.29. The van der Waals surface area contributed by atoms with E-state index >= 15 is 0 Å². The largest absolute Gasteiger partial charge is 0.424 e. The van der Waals surface area contributed by atoms with Gasteiger partial charge in [-0.15, -0.1) is 0 Å². The zero-order valence-corrected chi connectivity index (χ0v) is 15.0. The van der Waals surface area contributed by atoms with E-state index in [0.29, 0.717) is 17.7 Å². The van der Waals surface area contributed by atoms with Crippen LogP contribution >= 0.6 is 0 Å². The molecular weight excluding hydrogens is 375 g/mol. The molecule has 3 rings (SSSR count). The summed E-state index contributed by atoms with van der Waals surface area (Å²) in [5, 5.41) is 6.24. The van der Waals surface area contributed by atoms with Crippen molar-refractivity contribution < 1.29 is 27.5 Å². The number of carbonyl (C=O) groups excluding carboxylic acids is 2. The number of hydrogen-bond acceptors (Lipinski definition) is 5. The quantitative estimate of drug-likeness (QED) is 0.723. The molecule has 150 valence electrons. The number of alkyl carbamates (subject to hydrolysis) is 1. The van der Waals surface area contributed by atoms with Crippen LogP contribution in [-0.2, 0) is 9.53 Å². The molecule has 0 aromatic heterocycles. The second-order valence-corrected chi connectivity index (χ2v) is 6.58. The maximum Gasteiger partial charge on any atom is 0.409 e. The predicted octanol–water partition coefficient (Wildman–Crippen LogP) is 3.27. The van der Waals surface area contributed by atoms with Crippen molar-refractivity contribution >= 4 is 28.3 Å². The third kappa shape index (κ3) is 4.04. The van der Waals surface area contributed by atoms with E-state index in [-0.39, 0.29) is 5.78 Å². The highest BCUT2D eigenvalue weighted by atomic mass is 19.4. The summed E-state index contributed by atoms with van der Waals surface area (Å²) < 4.78 is 42.1. The van der Waals surface area contributed by atoms with Crippen LogP contribution in [0.1, 0.15) is 24.8 Å². The van der Waals surface area contributed by atoms with E-state index < -0.39 is 37.0 Å². The van der Waals surface area contributed by atoms with Gasteiger partial charge < -0.3 is 21.1 Å². The van der Waals surface area contributed by atoms with Crippen molar-refractivity contribution in [3.8, 4) is 0 Å². The van der Waals surface area contributed by atoms with Crippen LogP contribution in [0.5, 0.6) is 0 Å². The average molecular weight is 395 g/mol. The molecule has 0 radical (unpaired) electrons. The van der Waals surface area contributed by atoms with Gasteiger partial charge in [0.05, 0.1) is 6.04 Å². The molecule has 2 aromatic carbocycles. The molecule has 0 spiro atoms. The molecule has 0 saturated carbocycles. The number of hydrogen-bond donors (Lipinski definition) is 3. The monoisotopic (exact) mass is 395 g/mol. The van der Waals surface area contributed by atoms with Gasteiger partial charge in [-0.2, -0.15) is 13.2 Å². The number of nitrogens with one attached hydrogen (secondary N) is 2. The van der Waals surface area contributed by atoms with Crippen molar-refractivity contribution in [2.75, 3.05) is 11.9 Å². The number of benzene rings is 2. The molecule has 1 heterocycles. The van der Waals surface area contributed by atoms with Crippen LogP contribution in [0, 0.1) is 0 Å². The van der Waals surface area contributed by atoms with Gasteiger partial charge in [0.2, 0.25) is 0 Å². The molecule has 1 amide bonds. The van der Waals surface area contributed by atoms with Gasteiger partial charge in [-0.1, -0.05) is 37.3 Å². The zero-order chi connectivity index (χ0) is 20.5. The van der Waals surface area contributed by atoms with E-state index in [1.807, 2.05) is 30.3 Å². The molecule has 4 N–H and O–H groups in total. The Kier molecular flexibility index (Phi) is 5.46. The summed E-state index contributed by atoms with van der Waals surface area (Å²) in [6.45, 7) is 0.225. The number of carbonyl (C=O) groups is 2. The summed E-state index contributed by atoms with van der Waals surface area (Å²) in [4.78, 5) is 24.8. The standard InChI is InChI=1S/C19H20F3N3O3/c1-2-12(23)16(26)15-14-11-6-4-3-5-10(11)7-8-13(14)25-17(15)28-18(27)24-9-19(20,21)22/h3-8,12,15,17,25H,2,9,23H2,1H3,(H,24,27)/t12-,15?,17-/m0/s1. The third-order valence-corrected chi connectivity index (χ3v) is 4.66. The van der Waals surface area contributed by atoms with Gasteiger partial charge in [-0.25, -0.2) is 4.79 Å². The van der Waals surface area contributed by atoms with E-state index in [4.69, 9.17) is 10.5 Å². The van der Waals surface area contributed by atoms with E-state index in [0.717, 1.165) is 10.8 Å². The highest BCUT2D eigenvalue weighted by Crippen LogP contribution is 2.42. The Balaban J connectivity index is 1.93.